The lowest BCUT2D eigenvalue weighted by molar-refractivity contribution is 0.102. The predicted molar refractivity (Wildman–Crippen MR) is 134 cm³/mol. The molecule has 0 spiro atoms. The largest absolute Gasteiger partial charge is 0.455 e. The fourth-order valence-electron chi connectivity index (χ4n) is 3.19. The highest BCUT2D eigenvalue weighted by Crippen LogP contribution is 2.33. The standard InChI is InChI=1S/C26H21ClN2O4S/c1-18-11-14-21(15-12-18)34(31,32)29-23-10-6-5-9-22(23)26(30)28-24-17-19(27)13-16-25(24)33-20-7-3-2-4-8-20/h2-17,29H,1H3,(H,28,30). The van der Waals surface area contributed by atoms with Gasteiger partial charge in [-0.15, -0.1) is 0 Å². The molecule has 34 heavy (non-hydrogen) atoms. The molecule has 0 aliphatic rings. The van der Waals surface area contributed by atoms with Gasteiger partial charge in [0.15, 0.2) is 5.75 Å². The number of para-hydroxylation sites is 2. The van der Waals surface area contributed by atoms with Gasteiger partial charge in [-0.05, 0) is 61.5 Å². The van der Waals surface area contributed by atoms with E-state index in [1.807, 2.05) is 25.1 Å². The molecule has 172 valence electrons. The third-order valence-electron chi connectivity index (χ3n) is 4.91. The highest BCUT2D eigenvalue weighted by molar-refractivity contribution is 7.92. The van der Waals surface area contributed by atoms with Gasteiger partial charge >= 0.3 is 0 Å². The number of hydrogen-bond donors (Lipinski definition) is 2. The van der Waals surface area contributed by atoms with E-state index in [9.17, 15) is 13.2 Å². The van der Waals surface area contributed by atoms with E-state index >= 15 is 0 Å². The molecule has 0 bridgehead atoms. The summed E-state index contributed by atoms with van der Waals surface area (Å²) in [7, 11) is -3.89. The van der Waals surface area contributed by atoms with Crippen molar-refractivity contribution in [1.82, 2.24) is 0 Å². The molecule has 0 saturated carbocycles. The average molecular weight is 493 g/mol. The SMILES string of the molecule is Cc1ccc(S(=O)(=O)Nc2ccccc2C(=O)Nc2cc(Cl)ccc2Oc2ccccc2)cc1. The van der Waals surface area contributed by atoms with Crippen molar-refractivity contribution < 1.29 is 17.9 Å². The van der Waals surface area contributed by atoms with Crippen molar-refractivity contribution in [2.45, 2.75) is 11.8 Å². The number of sulfonamides is 1. The van der Waals surface area contributed by atoms with Crippen molar-refractivity contribution >= 4 is 38.9 Å². The Bertz CT molecular complexity index is 1420. The third kappa shape index (κ3) is 5.57. The van der Waals surface area contributed by atoms with Crippen LogP contribution >= 0.6 is 11.6 Å². The molecule has 0 saturated heterocycles. The van der Waals surface area contributed by atoms with Crippen LogP contribution in [-0.2, 0) is 10.0 Å². The molecule has 0 heterocycles. The van der Waals surface area contributed by atoms with Crippen LogP contribution < -0.4 is 14.8 Å². The summed E-state index contributed by atoms with van der Waals surface area (Å²) in [5, 5.41) is 3.18. The third-order valence-corrected chi connectivity index (χ3v) is 6.52. The summed E-state index contributed by atoms with van der Waals surface area (Å²) >= 11 is 6.15. The number of nitrogens with one attached hydrogen (secondary N) is 2. The normalized spacial score (nSPS) is 11.0. The summed E-state index contributed by atoms with van der Waals surface area (Å²) in [6, 6.07) is 26.8. The van der Waals surface area contributed by atoms with E-state index < -0.39 is 15.9 Å². The number of hydrogen-bond acceptors (Lipinski definition) is 4. The number of ether oxygens (including phenoxy) is 1. The molecule has 0 fully saturated rings. The number of anilines is 2. The molecule has 0 atom stereocenters. The van der Waals surface area contributed by atoms with Gasteiger partial charge in [-0.25, -0.2) is 8.42 Å². The van der Waals surface area contributed by atoms with Crippen LogP contribution in [0.5, 0.6) is 11.5 Å². The van der Waals surface area contributed by atoms with Gasteiger partial charge in [-0.3, -0.25) is 9.52 Å². The zero-order valence-corrected chi connectivity index (χ0v) is 19.7. The molecule has 6 nitrogen and oxygen atoms in total. The summed E-state index contributed by atoms with van der Waals surface area (Å²) in [5.41, 5.74) is 1.57. The highest BCUT2D eigenvalue weighted by Gasteiger charge is 2.20. The van der Waals surface area contributed by atoms with Crippen LogP contribution in [0.4, 0.5) is 11.4 Å². The molecule has 4 rings (SSSR count). The number of carbonyl (C=O) groups is 1. The van der Waals surface area contributed by atoms with Gasteiger partial charge < -0.3 is 10.1 Å². The molecule has 0 radical (unpaired) electrons. The minimum absolute atomic E-state index is 0.0988. The fraction of sp³-hybridized carbons (Fsp3) is 0.0385. The number of amides is 1. The zero-order chi connectivity index (χ0) is 24.1. The molecular weight excluding hydrogens is 472 g/mol. The fourth-order valence-corrected chi connectivity index (χ4v) is 4.44. The summed E-state index contributed by atoms with van der Waals surface area (Å²) in [6.07, 6.45) is 0. The smallest absolute Gasteiger partial charge is 0.261 e. The van der Waals surface area contributed by atoms with Gasteiger partial charge in [0.05, 0.1) is 21.8 Å². The van der Waals surface area contributed by atoms with E-state index in [1.54, 1.807) is 54.6 Å². The van der Waals surface area contributed by atoms with Gasteiger partial charge in [0.2, 0.25) is 0 Å². The summed E-state index contributed by atoms with van der Waals surface area (Å²) in [6.45, 7) is 1.87. The lowest BCUT2D eigenvalue weighted by atomic mass is 10.1. The van der Waals surface area contributed by atoms with Crippen molar-refractivity contribution in [2.24, 2.45) is 0 Å². The highest BCUT2D eigenvalue weighted by atomic mass is 35.5. The van der Waals surface area contributed by atoms with Gasteiger partial charge in [0.25, 0.3) is 15.9 Å². The summed E-state index contributed by atoms with van der Waals surface area (Å²) in [4.78, 5) is 13.3. The van der Waals surface area contributed by atoms with Crippen LogP contribution in [0.25, 0.3) is 0 Å². The van der Waals surface area contributed by atoms with Crippen LogP contribution in [0, 0.1) is 6.92 Å². The zero-order valence-electron chi connectivity index (χ0n) is 18.2. The molecule has 0 aromatic heterocycles. The van der Waals surface area contributed by atoms with E-state index in [1.165, 1.54) is 24.3 Å². The summed E-state index contributed by atoms with van der Waals surface area (Å²) in [5.74, 6) is 0.454. The molecule has 0 aliphatic heterocycles. The first kappa shape index (κ1) is 23.4. The van der Waals surface area contributed by atoms with Gasteiger partial charge in [-0.1, -0.05) is 59.6 Å². The second-order valence-electron chi connectivity index (χ2n) is 7.47. The monoisotopic (exact) mass is 492 g/mol. The maximum absolute atomic E-state index is 13.2. The number of carbonyl (C=O) groups excluding carboxylic acids is 1. The maximum Gasteiger partial charge on any atom is 0.261 e. The molecular formula is C26H21ClN2O4S. The van der Waals surface area contributed by atoms with E-state index in [0.717, 1.165) is 5.56 Å². The minimum atomic E-state index is -3.89. The van der Waals surface area contributed by atoms with Crippen molar-refractivity contribution in [3.8, 4) is 11.5 Å². The molecule has 4 aromatic rings. The predicted octanol–water partition coefficient (Wildman–Crippen LogP) is 6.49. The van der Waals surface area contributed by atoms with E-state index in [0.29, 0.717) is 22.2 Å². The van der Waals surface area contributed by atoms with E-state index in [-0.39, 0.29) is 16.1 Å². The van der Waals surface area contributed by atoms with Gasteiger partial charge in [0, 0.05) is 5.02 Å². The first-order chi connectivity index (χ1) is 16.3. The first-order valence-corrected chi connectivity index (χ1v) is 12.2. The lowest BCUT2D eigenvalue weighted by Gasteiger charge is -2.15. The van der Waals surface area contributed by atoms with Gasteiger partial charge in [-0.2, -0.15) is 0 Å². The number of rotatable bonds is 7. The van der Waals surface area contributed by atoms with Crippen LogP contribution in [-0.4, -0.2) is 14.3 Å². The molecule has 0 aliphatic carbocycles. The Morgan fingerprint density at radius 2 is 1.50 bits per heavy atom. The van der Waals surface area contributed by atoms with Crippen molar-refractivity contribution in [1.29, 1.82) is 0 Å². The quantitative estimate of drug-likeness (QED) is 0.308. The Kier molecular flexibility index (Phi) is 6.86. The van der Waals surface area contributed by atoms with Crippen LogP contribution in [0.2, 0.25) is 5.02 Å². The lowest BCUT2D eigenvalue weighted by Crippen LogP contribution is -2.19. The Balaban J connectivity index is 1.61. The van der Waals surface area contributed by atoms with E-state index in [2.05, 4.69) is 10.0 Å². The first-order valence-electron chi connectivity index (χ1n) is 10.3. The van der Waals surface area contributed by atoms with Crippen LogP contribution in [0.15, 0.2) is 102 Å². The van der Waals surface area contributed by atoms with Gasteiger partial charge in [0.1, 0.15) is 5.75 Å². The molecule has 4 aromatic carbocycles. The van der Waals surface area contributed by atoms with Crippen molar-refractivity contribution in [2.75, 3.05) is 10.0 Å². The number of halogens is 1. The molecule has 0 unspecified atom stereocenters. The molecule has 1 amide bonds. The second kappa shape index (κ2) is 9.99. The molecule has 8 heteroatoms. The topological polar surface area (TPSA) is 84.5 Å². The Labute approximate surface area is 203 Å². The van der Waals surface area contributed by atoms with Crippen molar-refractivity contribution in [3.63, 3.8) is 0 Å². The minimum Gasteiger partial charge on any atom is -0.455 e. The summed E-state index contributed by atoms with van der Waals surface area (Å²) < 4.78 is 34.1. The van der Waals surface area contributed by atoms with Crippen LogP contribution in [0.1, 0.15) is 15.9 Å². The maximum atomic E-state index is 13.2. The Morgan fingerprint density at radius 1 is 0.824 bits per heavy atom. The molecule has 2 N–H and O–H groups in total. The number of aryl methyl sites for hydroxylation is 1. The van der Waals surface area contributed by atoms with Crippen molar-refractivity contribution in [3.05, 3.63) is 113 Å². The van der Waals surface area contributed by atoms with Crippen LogP contribution in [0.3, 0.4) is 0 Å². The Morgan fingerprint density at radius 3 is 2.24 bits per heavy atom. The number of benzene rings is 4. The second-order valence-corrected chi connectivity index (χ2v) is 9.59. The van der Waals surface area contributed by atoms with E-state index in [4.69, 9.17) is 16.3 Å². The average Bonchev–Trinajstić information content (AvgIpc) is 2.82. The Hall–Kier alpha value is -3.81.